The molecule has 3 heteroatoms. The van der Waals surface area contributed by atoms with Gasteiger partial charge in [-0.2, -0.15) is 0 Å². The first-order valence-electron chi connectivity index (χ1n) is 10.7. The van der Waals surface area contributed by atoms with Crippen LogP contribution in [0.5, 0.6) is 0 Å². The van der Waals surface area contributed by atoms with Gasteiger partial charge >= 0.3 is 0 Å². The number of rotatable bonds is 0. The Labute approximate surface area is 152 Å². The fourth-order valence-corrected chi connectivity index (χ4v) is 8.19. The van der Waals surface area contributed by atoms with Crippen LogP contribution < -0.4 is 0 Å². The molecule has 25 heavy (non-hydrogen) atoms. The molecule has 0 radical (unpaired) electrons. The summed E-state index contributed by atoms with van der Waals surface area (Å²) in [5.74, 6) is 3.94. The van der Waals surface area contributed by atoms with Crippen LogP contribution in [0, 0.1) is 40.4 Å². The minimum atomic E-state index is -0.266. The van der Waals surface area contributed by atoms with Crippen LogP contribution in [-0.4, -0.2) is 24.8 Å². The minimum Gasteiger partial charge on any atom is -0.348 e. The fourth-order valence-electron chi connectivity index (χ4n) is 8.19. The predicted octanol–water partition coefficient (Wildman–Crippen LogP) is 4.59. The lowest BCUT2D eigenvalue weighted by atomic mass is 9.43. The van der Waals surface area contributed by atoms with Gasteiger partial charge in [-0.1, -0.05) is 20.8 Å². The van der Waals surface area contributed by atoms with Crippen LogP contribution >= 0.6 is 0 Å². The zero-order valence-electron chi connectivity index (χ0n) is 16.2. The molecule has 1 aliphatic heterocycles. The normalized spacial score (nSPS) is 54.2. The van der Waals surface area contributed by atoms with E-state index in [1.54, 1.807) is 0 Å². The molecule has 1 spiro atoms. The lowest BCUT2D eigenvalue weighted by molar-refractivity contribution is -0.237. The first-order chi connectivity index (χ1) is 11.9. The van der Waals surface area contributed by atoms with E-state index in [0.29, 0.717) is 29.0 Å². The fraction of sp³-hybridized carbons (Fsp3) is 0.955. The number of Topliss-reactive ketones (excluding diaryl/α,β-unsaturated/α-hetero) is 1. The maximum atomic E-state index is 12.6. The first-order valence-corrected chi connectivity index (χ1v) is 10.7. The molecular formula is C22H34O3. The first kappa shape index (κ1) is 16.7. The zero-order valence-corrected chi connectivity index (χ0v) is 16.2. The van der Waals surface area contributed by atoms with Gasteiger partial charge in [0.15, 0.2) is 5.79 Å². The van der Waals surface area contributed by atoms with Gasteiger partial charge in [0.1, 0.15) is 5.78 Å². The lowest BCUT2D eigenvalue weighted by Gasteiger charge is -2.63. The van der Waals surface area contributed by atoms with Crippen molar-refractivity contribution >= 4 is 5.78 Å². The molecule has 7 atom stereocenters. The van der Waals surface area contributed by atoms with Crippen molar-refractivity contribution in [1.29, 1.82) is 0 Å². The Kier molecular flexibility index (Phi) is 3.56. The zero-order chi connectivity index (χ0) is 17.4. The quantitative estimate of drug-likeness (QED) is 0.644. The SMILES string of the molecule is CC1C[C@@H]2[C@H](CC[C@]3(C)C(=O)CC[C@@H]23)[C@@]2(C)CCC3(CC12)OCCO3. The maximum Gasteiger partial charge on any atom is 0.168 e. The highest BCUT2D eigenvalue weighted by Gasteiger charge is 2.63. The Morgan fingerprint density at radius 1 is 0.960 bits per heavy atom. The molecule has 2 unspecified atom stereocenters. The second-order valence-corrected chi connectivity index (χ2v) is 10.4. The van der Waals surface area contributed by atoms with Gasteiger partial charge in [0.25, 0.3) is 0 Å². The summed E-state index contributed by atoms with van der Waals surface area (Å²) in [5.41, 5.74) is 0.410. The molecule has 1 heterocycles. The average Bonchev–Trinajstić information content (AvgIpc) is 3.15. The Morgan fingerprint density at radius 3 is 2.48 bits per heavy atom. The number of carbonyl (C=O) groups excluding carboxylic acids is 1. The standard InChI is InChI=1S/C22H34O3/c1-14-12-15-16-4-5-19(23)21(16,3)7-6-17(15)20(2)8-9-22(13-18(14)20)24-10-11-25-22/h14-18H,4-13H2,1-3H3/t14?,15-,16-,17-,18?,20+,21-/m0/s1. The smallest absolute Gasteiger partial charge is 0.168 e. The summed E-state index contributed by atoms with van der Waals surface area (Å²) >= 11 is 0. The summed E-state index contributed by atoms with van der Waals surface area (Å²) < 4.78 is 12.2. The molecule has 0 amide bonds. The van der Waals surface area contributed by atoms with Gasteiger partial charge in [-0.15, -0.1) is 0 Å². The van der Waals surface area contributed by atoms with Crippen molar-refractivity contribution in [2.75, 3.05) is 13.2 Å². The topological polar surface area (TPSA) is 35.5 Å². The number of hydrogen-bond acceptors (Lipinski definition) is 3. The molecule has 0 bridgehead atoms. The highest BCUT2D eigenvalue weighted by Crippen LogP contribution is 2.67. The molecule has 0 aromatic carbocycles. The van der Waals surface area contributed by atoms with E-state index in [1.807, 2.05) is 0 Å². The molecule has 4 saturated carbocycles. The summed E-state index contributed by atoms with van der Waals surface area (Å²) in [6.07, 6.45) is 9.09. The van der Waals surface area contributed by atoms with Gasteiger partial charge in [-0.05, 0) is 67.1 Å². The number of carbonyl (C=O) groups is 1. The summed E-state index contributed by atoms with van der Waals surface area (Å²) in [6.45, 7) is 8.87. The molecular weight excluding hydrogens is 312 g/mol. The number of hydrogen-bond donors (Lipinski definition) is 0. The van der Waals surface area contributed by atoms with Crippen LogP contribution in [0.25, 0.3) is 0 Å². The average molecular weight is 347 g/mol. The molecule has 5 fully saturated rings. The maximum absolute atomic E-state index is 12.6. The van der Waals surface area contributed by atoms with Crippen LogP contribution in [0.2, 0.25) is 0 Å². The molecule has 3 nitrogen and oxygen atoms in total. The highest BCUT2D eigenvalue weighted by molar-refractivity contribution is 5.87. The van der Waals surface area contributed by atoms with Gasteiger partial charge in [0.05, 0.1) is 13.2 Å². The Bertz CT molecular complexity index is 580. The van der Waals surface area contributed by atoms with Crippen molar-refractivity contribution in [1.82, 2.24) is 0 Å². The third-order valence-corrected chi connectivity index (χ3v) is 9.56. The second-order valence-electron chi connectivity index (χ2n) is 10.4. The lowest BCUT2D eigenvalue weighted by Crippen LogP contribution is -2.58. The Morgan fingerprint density at radius 2 is 1.72 bits per heavy atom. The van der Waals surface area contributed by atoms with Crippen LogP contribution in [0.3, 0.4) is 0 Å². The van der Waals surface area contributed by atoms with E-state index in [9.17, 15) is 4.79 Å². The molecule has 140 valence electrons. The van der Waals surface area contributed by atoms with E-state index in [-0.39, 0.29) is 11.2 Å². The van der Waals surface area contributed by atoms with Gasteiger partial charge in [-0.25, -0.2) is 0 Å². The molecule has 0 aromatic heterocycles. The second kappa shape index (κ2) is 5.32. The molecule has 0 aromatic rings. The van der Waals surface area contributed by atoms with Crippen molar-refractivity contribution in [2.24, 2.45) is 40.4 Å². The third-order valence-electron chi connectivity index (χ3n) is 9.56. The van der Waals surface area contributed by atoms with Crippen molar-refractivity contribution in [2.45, 2.75) is 77.9 Å². The molecule has 4 aliphatic carbocycles. The molecule has 5 aliphatic rings. The summed E-state index contributed by atoms with van der Waals surface area (Å²) in [4.78, 5) is 12.6. The van der Waals surface area contributed by atoms with E-state index in [4.69, 9.17) is 9.47 Å². The third kappa shape index (κ3) is 2.15. The van der Waals surface area contributed by atoms with Crippen LogP contribution in [0.4, 0.5) is 0 Å². The van der Waals surface area contributed by atoms with Gasteiger partial charge < -0.3 is 9.47 Å². The minimum absolute atomic E-state index is 0.00233. The van der Waals surface area contributed by atoms with Crippen molar-refractivity contribution in [3.05, 3.63) is 0 Å². The van der Waals surface area contributed by atoms with Crippen LogP contribution in [0.1, 0.15) is 72.1 Å². The van der Waals surface area contributed by atoms with E-state index >= 15 is 0 Å². The van der Waals surface area contributed by atoms with Gasteiger partial charge in [-0.3, -0.25) is 4.79 Å². The number of fused-ring (bicyclic) bond motifs is 5. The van der Waals surface area contributed by atoms with Crippen molar-refractivity contribution in [3.63, 3.8) is 0 Å². The Balaban J connectivity index is 1.46. The van der Waals surface area contributed by atoms with Gasteiger partial charge in [0.2, 0.25) is 0 Å². The summed E-state index contributed by atoms with van der Waals surface area (Å²) in [5, 5.41) is 0. The monoisotopic (exact) mass is 346 g/mol. The number of ether oxygens (including phenoxy) is 2. The Hall–Kier alpha value is -0.410. The number of ketones is 1. The van der Waals surface area contributed by atoms with E-state index in [1.165, 1.54) is 19.3 Å². The van der Waals surface area contributed by atoms with Crippen LogP contribution in [0.15, 0.2) is 0 Å². The van der Waals surface area contributed by atoms with E-state index in [0.717, 1.165) is 57.2 Å². The molecule has 5 rings (SSSR count). The summed E-state index contributed by atoms with van der Waals surface area (Å²) in [7, 11) is 0. The largest absolute Gasteiger partial charge is 0.348 e. The van der Waals surface area contributed by atoms with E-state index < -0.39 is 0 Å². The van der Waals surface area contributed by atoms with Gasteiger partial charge in [0, 0.05) is 24.7 Å². The van der Waals surface area contributed by atoms with Crippen molar-refractivity contribution < 1.29 is 14.3 Å². The molecule has 1 saturated heterocycles. The van der Waals surface area contributed by atoms with E-state index in [2.05, 4.69) is 20.8 Å². The summed E-state index contributed by atoms with van der Waals surface area (Å²) in [6, 6.07) is 0. The predicted molar refractivity (Wildman–Crippen MR) is 95.9 cm³/mol. The highest BCUT2D eigenvalue weighted by atomic mass is 16.7. The van der Waals surface area contributed by atoms with Crippen LogP contribution in [-0.2, 0) is 14.3 Å². The molecule has 0 N–H and O–H groups in total. The van der Waals surface area contributed by atoms with Crippen molar-refractivity contribution in [3.8, 4) is 0 Å².